The topological polar surface area (TPSA) is 54.0 Å². The van der Waals surface area contributed by atoms with Crippen molar-refractivity contribution >= 4 is 28.9 Å². The van der Waals surface area contributed by atoms with Gasteiger partial charge in [-0.3, -0.25) is 9.78 Å². The summed E-state index contributed by atoms with van der Waals surface area (Å²) in [6, 6.07) is 15.8. The summed E-state index contributed by atoms with van der Waals surface area (Å²) in [4.78, 5) is 15.9. The fraction of sp³-hybridized carbons (Fsp3) is 0.100. The molecule has 124 valence electrons. The van der Waals surface area contributed by atoms with Crippen LogP contribution in [0.25, 0.3) is 11.1 Å². The highest BCUT2D eigenvalue weighted by atomic mass is 35.5. The number of aromatic nitrogens is 1. The average Bonchev–Trinajstić information content (AvgIpc) is 3.00. The molecule has 0 unspecified atom stereocenters. The molecule has 0 spiro atoms. The highest BCUT2D eigenvalue weighted by Gasteiger charge is 2.17. The third kappa shape index (κ3) is 3.49. The third-order valence-electron chi connectivity index (χ3n) is 4.20. The summed E-state index contributed by atoms with van der Waals surface area (Å²) >= 11 is 5.90. The molecular formula is C20H16ClN3O. The van der Waals surface area contributed by atoms with Crippen LogP contribution in [0.15, 0.2) is 60.9 Å². The Morgan fingerprint density at radius 3 is 2.72 bits per heavy atom. The van der Waals surface area contributed by atoms with Crippen LogP contribution in [0.1, 0.15) is 11.1 Å². The van der Waals surface area contributed by atoms with E-state index in [1.807, 2.05) is 54.9 Å². The van der Waals surface area contributed by atoms with Crippen molar-refractivity contribution in [1.82, 2.24) is 4.98 Å². The van der Waals surface area contributed by atoms with Gasteiger partial charge in [0.1, 0.15) is 0 Å². The molecular weight excluding hydrogens is 334 g/mol. The van der Waals surface area contributed by atoms with Crippen molar-refractivity contribution in [2.75, 3.05) is 10.6 Å². The minimum absolute atomic E-state index is 0.0474. The highest BCUT2D eigenvalue weighted by Crippen LogP contribution is 2.29. The van der Waals surface area contributed by atoms with Gasteiger partial charge in [0.2, 0.25) is 5.91 Å². The number of carbonyl (C=O) groups excluding carboxylic acids is 1. The first kappa shape index (κ1) is 15.7. The minimum atomic E-state index is 0.0474. The third-order valence-corrected chi connectivity index (χ3v) is 4.46. The van der Waals surface area contributed by atoms with E-state index in [9.17, 15) is 4.79 Å². The quantitative estimate of drug-likeness (QED) is 0.728. The van der Waals surface area contributed by atoms with Crippen LogP contribution in [0.3, 0.4) is 0 Å². The first-order chi connectivity index (χ1) is 12.2. The van der Waals surface area contributed by atoms with E-state index in [0.29, 0.717) is 13.0 Å². The molecule has 1 aliphatic heterocycles. The molecule has 0 aliphatic carbocycles. The summed E-state index contributed by atoms with van der Waals surface area (Å²) in [5, 5.41) is 6.97. The van der Waals surface area contributed by atoms with Crippen molar-refractivity contribution < 1.29 is 4.79 Å². The van der Waals surface area contributed by atoms with Crippen molar-refractivity contribution in [2.45, 2.75) is 13.0 Å². The van der Waals surface area contributed by atoms with E-state index >= 15 is 0 Å². The van der Waals surface area contributed by atoms with Gasteiger partial charge >= 0.3 is 0 Å². The Morgan fingerprint density at radius 2 is 1.88 bits per heavy atom. The lowest BCUT2D eigenvalue weighted by atomic mass is 10.0. The molecule has 3 aromatic rings. The van der Waals surface area contributed by atoms with Crippen molar-refractivity contribution in [1.29, 1.82) is 0 Å². The second kappa shape index (κ2) is 6.57. The van der Waals surface area contributed by atoms with Crippen LogP contribution >= 0.6 is 11.6 Å². The largest absolute Gasteiger partial charge is 0.381 e. The van der Waals surface area contributed by atoms with E-state index in [1.165, 1.54) is 0 Å². The Hall–Kier alpha value is -2.85. The van der Waals surface area contributed by atoms with Gasteiger partial charge in [-0.25, -0.2) is 0 Å². The number of pyridine rings is 1. The summed E-state index contributed by atoms with van der Waals surface area (Å²) in [5.41, 5.74) is 6.10. The Balaban J connectivity index is 1.52. The van der Waals surface area contributed by atoms with Crippen molar-refractivity contribution in [3.63, 3.8) is 0 Å². The van der Waals surface area contributed by atoms with Crippen molar-refractivity contribution in [3.8, 4) is 11.1 Å². The van der Waals surface area contributed by atoms with Crippen LogP contribution in [0.2, 0.25) is 5.02 Å². The monoisotopic (exact) mass is 349 g/mol. The number of rotatable bonds is 4. The van der Waals surface area contributed by atoms with Crippen LogP contribution in [0, 0.1) is 0 Å². The van der Waals surface area contributed by atoms with Gasteiger partial charge in [-0.2, -0.15) is 0 Å². The number of hydrogen-bond acceptors (Lipinski definition) is 3. The molecule has 1 aromatic heterocycles. The standard InChI is InChI=1S/C20H16ClN3O/c21-17-3-5-18(6-4-17)23-11-13-7-16(12-22-10-13)14-1-2-15-9-20(25)24-19(15)8-14/h1-8,10,12,23H,9,11H2,(H,24,25). The average molecular weight is 350 g/mol. The second-order valence-electron chi connectivity index (χ2n) is 6.04. The molecule has 1 aliphatic rings. The Morgan fingerprint density at radius 1 is 1.04 bits per heavy atom. The lowest BCUT2D eigenvalue weighted by Gasteiger charge is -2.09. The molecule has 0 saturated heterocycles. The number of nitrogens with zero attached hydrogens (tertiary/aromatic N) is 1. The van der Waals surface area contributed by atoms with Gasteiger partial charge < -0.3 is 10.6 Å². The predicted octanol–water partition coefficient (Wildman–Crippen LogP) is 4.51. The second-order valence-corrected chi connectivity index (χ2v) is 6.48. The number of benzene rings is 2. The molecule has 25 heavy (non-hydrogen) atoms. The maximum atomic E-state index is 11.5. The fourth-order valence-electron chi connectivity index (χ4n) is 2.91. The zero-order chi connectivity index (χ0) is 17.2. The lowest BCUT2D eigenvalue weighted by molar-refractivity contribution is -0.115. The zero-order valence-corrected chi connectivity index (χ0v) is 14.2. The van der Waals surface area contributed by atoms with E-state index in [-0.39, 0.29) is 5.91 Å². The van der Waals surface area contributed by atoms with Crippen molar-refractivity contribution in [3.05, 3.63) is 77.1 Å². The minimum Gasteiger partial charge on any atom is -0.381 e. The molecule has 0 atom stereocenters. The smallest absolute Gasteiger partial charge is 0.228 e. The molecule has 1 amide bonds. The van der Waals surface area contributed by atoms with Crippen molar-refractivity contribution in [2.24, 2.45) is 0 Å². The Kier molecular flexibility index (Phi) is 4.12. The molecule has 0 radical (unpaired) electrons. The van der Waals surface area contributed by atoms with Gasteiger partial charge in [0.05, 0.1) is 6.42 Å². The maximum absolute atomic E-state index is 11.5. The Bertz CT molecular complexity index is 938. The molecule has 2 aromatic carbocycles. The van der Waals surface area contributed by atoms with Gasteiger partial charge in [0, 0.05) is 40.9 Å². The molecule has 0 saturated carbocycles. The van der Waals surface area contributed by atoms with Gasteiger partial charge in [0.25, 0.3) is 0 Å². The molecule has 0 bridgehead atoms. The van der Waals surface area contributed by atoms with E-state index in [2.05, 4.69) is 21.7 Å². The van der Waals surface area contributed by atoms with Gasteiger partial charge in [-0.05, 0) is 53.1 Å². The zero-order valence-electron chi connectivity index (χ0n) is 13.4. The van der Waals surface area contributed by atoms with E-state index in [4.69, 9.17) is 11.6 Å². The number of fused-ring (bicyclic) bond motifs is 1. The highest BCUT2D eigenvalue weighted by molar-refractivity contribution is 6.30. The molecule has 4 rings (SSSR count). The van der Waals surface area contributed by atoms with Crippen LogP contribution in [0.4, 0.5) is 11.4 Å². The Labute approximate surface area is 150 Å². The normalized spacial score (nSPS) is 12.6. The number of anilines is 2. The van der Waals surface area contributed by atoms with Gasteiger partial charge in [-0.1, -0.05) is 23.7 Å². The molecule has 0 fully saturated rings. The van der Waals surface area contributed by atoms with E-state index in [1.54, 1.807) is 0 Å². The number of nitrogens with one attached hydrogen (secondary N) is 2. The SMILES string of the molecule is O=C1Cc2ccc(-c3cncc(CNc4ccc(Cl)cc4)c3)cc2N1. The van der Waals surface area contributed by atoms with Gasteiger partial charge in [-0.15, -0.1) is 0 Å². The first-order valence-corrected chi connectivity index (χ1v) is 8.42. The predicted molar refractivity (Wildman–Crippen MR) is 101 cm³/mol. The van der Waals surface area contributed by atoms with E-state index < -0.39 is 0 Å². The summed E-state index contributed by atoms with van der Waals surface area (Å²) in [6.45, 7) is 0.671. The number of hydrogen-bond donors (Lipinski definition) is 2. The number of halogens is 1. The molecule has 2 N–H and O–H groups in total. The first-order valence-electron chi connectivity index (χ1n) is 8.04. The van der Waals surface area contributed by atoms with Crippen LogP contribution in [-0.2, 0) is 17.8 Å². The lowest BCUT2D eigenvalue weighted by Crippen LogP contribution is -2.03. The number of carbonyl (C=O) groups is 1. The summed E-state index contributed by atoms with van der Waals surface area (Å²) in [5.74, 6) is 0.0474. The fourth-order valence-corrected chi connectivity index (χ4v) is 3.03. The van der Waals surface area contributed by atoms with E-state index in [0.717, 1.165) is 38.7 Å². The summed E-state index contributed by atoms with van der Waals surface area (Å²) in [6.07, 6.45) is 4.14. The molecule has 5 heteroatoms. The van der Waals surface area contributed by atoms with Crippen LogP contribution in [-0.4, -0.2) is 10.9 Å². The van der Waals surface area contributed by atoms with Gasteiger partial charge in [0.15, 0.2) is 0 Å². The number of amides is 1. The summed E-state index contributed by atoms with van der Waals surface area (Å²) in [7, 11) is 0. The summed E-state index contributed by atoms with van der Waals surface area (Å²) < 4.78 is 0. The van der Waals surface area contributed by atoms with Crippen LogP contribution < -0.4 is 10.6 Å². The molecule has 4 nitrogen and oxygen atoms in total. The van der Waals surface area contributed by atoms with Crippen LogP contribution in [0.5, 0.6) is 0 Å². The maximum Gasteiger partial charge on any atom is 0.228 e. The molecule has 2 heterocycles.